The summed E-state index contributed by atoms with van der Waals surface area (Å²) < 4.78 is 9.40. The molecule has 0 saturated carbocycles. The summed E-state index contributed by atoms with van der Waals surface area (Å²) in [6, 6.07) is 0. The van der Waals surface area contributed by atoms with Gasteiger partial charge in [-0.15, -0.1) is 5.73 Å². The van der Waals surface area contributed by atoms with Gasteiger partial charge in [-0.25, -0.2) is 0 Å². The molecule has 0 fully saturated rings. The Labute approximate surface area is 107 Å². The van der Waals surface area contributed by atoms with E-state index in [-0.39, 0.29) is 12.8 Å². The van der Waals surface area contributed by atoms with Gasteiger partial charge < -0.3 is 9.47 Å². The van der Waals surface area contributed by atoms with Gasteiger partial charge in [-0.1, -0.05) is 31.4 Å². The van der Waals surface area contributed by atoms with Crippen LogP contribution in [0, 0.1) is 5.41 Å². The van der Waals surface area contributed by atoms with Crippen molar-refractivity contribution in [1.82, 2.24) is 0 Å². The van der Waals surface area contributed by atoms with Crippen molar-refractivity contribution in [3.8, 4) is 0 Å². The Balaban J connectivity index is 5.43. The van der Waals surface area contributed by atoms with Crippen LogP contribution < -0.4 is 0 Å². The van der Waals surface area contributed by atoms with E-state index in [9.17, 15) is 9.59 Å². The smallest absolute Gasteiger partial charge is 0.323 e. The predicted molar refractivity (Wildman–Crippen MR) is 68.7 cm³/mol. The molecule has 18 heavy (non-hydrogen) atoms. The lowest BCUT2D eigenvalue weighted by Crippen LogP contribution is -2.40. The molecule has 98 valence electrons. The minimum Gasteiger partial charge on any atom is -0.468 e. The summed E-state index contributed by atoms with van der Waals surface area (Å²) >= 11 is 0. The summed E-state index contributed by atoms with van der Waals surface area (Å²) in [6.45, 7) is 6.93. The highest BCUT2D eigenvalue weighted by Gasteiger charge is 2.46. The molecule has 0 aliphatic carbocycles. The van der Waals surface area contributed by atoms with Crippen molar-refractivity contribution in [1.29, 1.82) is 0 Å². The zero-order chi connectivity index (χ0) is 14.0. The van der Waals surface area contributed by atoms with Crippen molar-refractivity contribution in [3.63, 3.8) is 0 Å². The molecule has 4 nitrogen and oxygen atoms in total. The molecule has 0 aromatic rings. The SMILES string of the molecule is C=C=CCC(C/C=C/C=C)(C(=O)OC)C(=O)OC. The Bertz CT molecular complexity index is 371. The second-order valence-corrected chi connectivity index (χ2v) is 3.55. The number of esters is 2. The second-order valence-electron chi connectivity index (χ2n) is 3.55. The van der Waals surface area contributed by atoms with Crippen LogP contribution >= 0.6 is 0 Å². The van der Waals surface area contributed by atoms with E-state index in [2.05, 4.69) is 18.9 Å². The molecule has 0 heterocycles. The quantitative estimate of drug-likeness (QED) is 0.301. The van der Waals surface area contributed by atoms with Crippen LogP contribution in [0.2, 0.25) is 0 Å². The van der Waals surface area contributed by atoms with Gasteiger partial charge in [0, 0.05) is 0 Å². The molecule has 0 radical (unpaired) electrons. The summed E-state index contributed by atoms with van der Waals surface area (Å²) in [4.78, 5) is 23.8. The number of ether oxygens (including phenoxy) is 2. The topological polar surface area (TPSA) is 52.6 Å². The first-order valence-electron chi connectivity index (χ1n) is 5.37. The maximum Gasteiger partial charge on any atom is 0.323 e. The van der Waals surface area contributed by atoms with E-state index in [4.69, 9.17) is 9.47 Å². The van der Waals surface area contributed by atoms with Gasteiger partial charge >= 0.3 is 11.9 Å². The summed E-state index contributed by atoms with van der Waals surface area (Å²) in [6.07, 6.45) is 6.67. The van der Waals surface area contributed by atoms with Gasteiger partial charge in [-0.2, -0.15) is 0 Å². The van der Waals surface area contributed by atoms with Gasteiger partial charge in [0.2, 0.25) is 0 Å². The Kier molecular flexibility index (Phi) is 7.17. The monoisotopic (exact) mass is 250 g/mol. The fraction of sp³-hybridized carbons (Fsp3) is 0.357. The molecule has 0 aliphatic rings. The molecular weight excluding hydrogens is 232 g/mol. The van der Waals surface area contributed by atoms with Crippen LogP contribution in [0.15, 0.2) is 43.2 Å². The van der Waals surface area contributed by atoms with Crippen LogP contribution in [0.5, 0.6) is 0 Å². The third kappa shape index (κ3) is 3.75. The zero-order valence-electron chi connectivity index (χ0n) is 10.8. The summed E-state index contributed by atoms with van der Waals surface area (Å²) in [5.74, 6) is -1.29. The average molecular weight is 250 g/mol. The first-order valence-corrected chi connectivity index (χ1v) is 5.37. The van der Waals surface area contributed by atoms with Crippen molar-refractivity contribution in [2.24, 2.45) is 5.41 Å². The summed E-state index contributed by atoms with van der Waals surface area (Å²) in [5.41, 5.74) is 1.14. The molecule has 0 saturated heterocycles. The maximum absolute atomic E-state index is 11.9. The minimum atomic E-state index is -1.40. The maximum atomic E-state index is 11.9. The highest BCUT2D eigenvalue weighted by molar-refractivity contribution is 6.00. The third-order valence-electron chi connectivity index (χ3n) is 2.49. The molecular formula is C14H18O4. The molecule has 0 amide bonds. The van der Waals surface area contributed by atoms with Crippen LogP contribution in [-0.4, -0.2) is 26.2 Å². The number of carbonyl (C=O) groups is 2. The molecule has 0 aromatic carbocycles. The van der Waals surface area contributed by atoms with Gasteiger partial charge in [0.25, 0.3) is 0 Å². The Morgan fingerprint density at radius 2 is 1.78 bits per heavy atom. The lowest BCUT2D eigenvalue weighted by Gasteiger charge is -2.25. The largest absolute Gasteiger partial charge is 0.468 e. The van der Waals surface area contributed by atoms with Crippen molar-refractivity contribution >= 4 is 11.9 Å². The molecule has 0 bridgehead atoms. The number of hydrogen-bond acceptors (Lipinski definition) is 4. The Morgan fingerprint density at radius 1 is 1.22 bits per heavy atom. The van der Waals surface area contributed by atoms with E-state index in [1.165, 1.54) is 20.3 Å². The van der Waals surface area contributed by atoms with Crippen molar-refractivity contribution < 1.29 is 19.1 Å². The van der Waals surface area contributed by atoms with E-state index >= 15 is 0 Å². The van der Waals surface area contributed by atoms with Crippen LogP contribution in [0.25, 0.3) is 0 Å². The summed E-state index contributed by atoms with van der Waals surface area (Å²) in [7, 11) is 2.46. The highest BCUT2D eigenvalue weighted by Crippen LogP contribution is 2.31. The highest BCUT2D eigenvalue weighted by atomic mass is 16.5. The van der Waals surface area contributed by atoms with Gasteiger partial charge in [0.1, 0.15) is 0 Å². The molecule has 0 aromatic heterocycles. The Morgan fingerprint density at radius 3 is 2.17 bits per heavy atom. The first kappa shape index (κ1) is 15.9. The summed E-state index contributed by atoms with van der Waals surface area (Å²) in [5, 5.41) is 0. The standard InChI is InChI=1S/C14H18O4/c1-5-7-9-11-14(10-8-6-2,12(15)17-3)13(16)18-4/h5,7-9H,1-2,10-11H2,3-4H3/b9-7+. The van der Waals surface area contributed by atoms with Gasteiger partial charge in [0.05, 0.1) is 14.2 Å². The minimum absolute atomic E-state index is 0.122. The number of carbonyl (C=O) groups excluding carboxylic acids is 2. The van der Waals surface area contributed by atoms with Crippen molar-refractivity contribution in [2.45, 2.75) is 12.8 Å². The fourth-order valence-electron chi connectivity index (χ4n) is 1.50. The number of methoxy groups -OCH3 is 2. The fourth-order valence-corrected chi connectivity index (χ4v) is 1.50. The zero-order valence-corrected chi connectivity index (χ0v) is 10.8. The molecule has 0 unspecified atom stereocenters. The van der Waals surface area contributed by atoms with Crippen LogP contribution in [0.1, 0.15) is 12.8 Å². The molecule has 0 atom stereocenters. The van der Waals surface area contributed by atoms with E-state index in [1.54, 1.807) is 18.2 Å². The molecule has 4 heteroatoms. The second kappa shape index (κ2) is 8.09. The molecule has 0 aliphatic heterocycles. The lowest BCUT2D eigenvalue weighted by atomic mass is 9.80. The predicted octanol–water partition coefficient (Wildman–Crippen LogP) is 2.18. The average Bonchev–Trinajstić information content (AvgIpc) is 2.41. The van der Waals surface area contributed by atoms with E-state index in [0.29, 0.717) is 0 Å². The number of rotatable bonds is 7. The van der Waals surface area contributed by atoms with E-state index < -0.39 is 17.4 Å². The number of allylic oxidation sites excluding steroid dienone is 4. The Hall–Kier alpha value is -2.06. The first-order chi connectivity index (χ1) is 8.58. The lowest BCUT2D eigenvalue weighted by molar-refractivity contribution is -0.168. The molecule has 0 rings (SSSR count). The molecule has 0 N–H and O–H groups in total. The van der Waals surface area contributed by atoms with Gasteiger partial charge in [0.15, 0.2) is 5.41 Å². The van der Waals surface area contributed by atoms with E-state index in [1.807, 2.05) is 0 Å². The van der Waals surface area contributed by atoms with Crippen molar-refractivity contribution in [3.05, 3.63) is 43.2 Å². The normalized spacial score (nSPS) is 10.6. The van der Waals surface area contributed by atoms with Crippen LogP contribution in [0.3, 0.4) is 0 Å². The van der Waals surface area contributed by atoms with Gasteiger partial charge in [-0.3, -0.25) is 9.59 Å². The molecule has 0 spiro atoms. The van der Waals surface area contributed by atoms with Gasteiger partial charge in [-0.05, 0) is 18.9 Å². The number of hydrogen-bond donors (Lipinski definition) is 0. The van der Waals surface area contributed by atoms with Crippen LogP contribution in [-0.2, 0) is 19.1 Å². The van der Waals surface area contributed by atoms with Crippen molar-refractivity contribution in [2.75, 3.05) is 14.2 Å². The van der Waals surface area contributed by atoms with E-state index in [0.717, 1.165) is 0 Å². The third-order valence-corrected chi connectivity index (χ3v) is 2.49. The van der Waals surface area contributed by atoms with Crippen LogP contribution in [0.4, 0.5) is 0 Å².